The molecule has 3 amide bonds. The molecule has 0 spiro atoms. The van der Waals surface area contributed by atoms with Crippen molar-refractivity contribution >= 4 is 40.7 Å². The van der Waals surface area contributed by atoms with Crippen molar-refractivity contribution in [2.75, 3.05) is 42.3 Å². The number of amides is 3. The quantitative estimate of drug-likeness (QED) is 0.126. The van der Waals surface area contributed by atoms with E-state index in [1.165, 1.54) is 7.11 Å². The molecule has 7 rings (SSSR count). The summed E-state index contributed by atoms with van der Waals surface area (Å²) < 4.78 is 6.46. The summed E-state index contributed by atoms with van der Waals surface area (Å²) in [6.07, 6.45) is 2.55. The maximum Gasteiger partial charge on any atom is 0.407 e. The van der Waals surface area contributed by atoms with E-state index >= 15 is 0 Å². The van der Waals surface area contributed by atoms with Crippen LogP contribution in [0.3, 0.4) is 0 Å². The number of alkyl carbamates (subject to hydrolysis) is 1. The smallest absolute Gasteiger partial charge is 0.407 e. The Balaban J connectivity index is 1.19. The van der Waals surface area contributed by atoms with Crippen LogP contribution in [0.15, 0.2) is 91.5 Å². The molecule has 1 aliphatic carbocycles. The molecule has 3 aromatic heterocycles. The molecule has 6 N–H and O–H groups in total. The number of carbonyl (C=O) groups excluding carboxylic acids is 2. The highest BCUT2D eigenvalue weighted by Gasteiger charge is 2.44. The number of aliphatic hydroxyl groups is 2. The molecular formula is C36H40N10O5. The number of rotatable bonds is 10. The largest absolute Gasteiger partial charge is 0.453 e. The van der Waals surface area contributed by atoms with Crippen molar-refractivity contribution in [2.45, 2.75) is 49.1 Å². The van der Waals surface area contributed by atoms with Crippen molar-refractivity contribution in [1.82, 2.24) is 35.1 Å². The summed E-state index contributed by atoms with van der Waals surface area (Å²) in [4.78, 5) is 45.4. The molecule has 51 heavy (non-hydrogen) atoms. The Hall–Kier alpha value is -5.80. The number of imidazole rings is 1. The highest BCUT2D eigenvalue weighted by molar-refractivity contribution is 5.89. The van der Waals surface area contributed by atoms with Gasteiger partial charge in [0, 0.05) is 37.8 Å². The summed E-state index contributed by atoms with van der Waals surface area (Å²) in [6, 6.07) is 22.1. The van der Waals surface area contributed by atoms with Crippen molar-refractivity contribution in [3.8, 4) is 0 Å². The number of pyridine rings is 1. The molecule has 1 saturated heterocycles. The Morgan fingerprint density at radius 3 is 2.39 bits per heavy atom. The molecule has 15 nitrogen and oxygen atoms in total. The lowest BCUT2D eigenvalue weighted by atomic mass is 9.91. The number of urea groups is 1. The number of nitrogens with one attached hydrogen (secondary N) is 4. The van der Waals surface area contributed by atoms with Gasteiger partial charge in [-0.25, -0.2) is 14.6 Å². The van der Waals surface area contributed by atoms with Gasteiger partial charge in [0.05, 0.1) is 37.4 Å². The molecule has 5 aromatic rings. The first-order valence-corrected chi connectivity index (χ1v) is 16.9. The number of hydrogen-bond acceptors (Lipinski definition) is 11. The topological polar surface area (TPSA) is 192 Å². The first kappa shape index (κ1) is 33.7. The molecule has 264 valence electrons. The third-order valence-electron chi connectivity index (χ3n) is 9.51. The zero-order valence-corrected chi connectivity index (χ0v) is 28.0. The van der Waals surface area contributed by atoms with Crippen LogP contribution in [-0.2, 0) is 4.74 Å². The molecule has 15 heteroatoms. The number of hydrogen-bond donors (Lipinski definition) is 6. The summed E-state index contributed by atoms with van der Waals surface area (Å²) in [5.74, 6) is 0.934. The zero-order chi connectivity index (χ0) is 35.3. The van der Waals surface area contributed by atoms with E-state index < -0.39 is 30.4 Å². The Kier molecular flexibility index (Phi) is 9.90. The standard InChI is InChI=1S/C36H40N10O5/c1-51-36(50)42-27-17-28(31(48)30(27)47)46-21-39-29-32(38-19-26(22-9-4-2-5-10-22)23-11-6-3-7-12-23)43-34(44-33(29)46)45-16-14-25(20-45)41-35(49)40-24-13-8-15-37-18-24/h2-13,15,18,21,25-28,30-31,47-48H,14,16-17,19-20H2,1H3,(H,42,50)(H,38,43,44)(H2,40,41,49)/t25-,27?,28-,30-,31+/m1/s1. The number of aliphatic hydroxyl groups excluding tert-OH is 2. The second-order valence-corrected chi connectivity index (χ2v) is 12.7. The molecule has 0 radical (unpaired) electrons. The predicted octanol–water partition coefficient (Wildman–Crippen LogP) is 3.26. The van der Waals surface area contributed by atoms with Crippen molar-refractivity contribution in [3.63, 3.8) is 0 Å². The van der Waals surface area contributed by atoms with Crippen molar-refractivity contribution in [2.24, 2.45) is 0 Å². The van der Waals surface area contributed by atoms with Crippen LogP contribution >= 0.6 is 0 Å². The van der Waals surface area contributed by atoms with Gasteiger partial charge in [0.2, 0.25) is 5.95 Å². The van der Waals surface area contributed by atoms with Gasteiger partial charge in [0.25, 0.3) is 0 Å². The third kappa shape index (κ3) is 7.39. The van der Waals surface area contributed by atoms with Gasteiger partial charge in [-0.05, 0) is 36.1 Å². The van der Waals surface area contributed by atoms with Gasteiger partial charge in [-0.15, -0.1) is 0 Å². The van der Waals surface area contributed by atoms with E-state index in [4.69, 9.17) is 19.7 Å². The number of fused-ring (bicyclic) bond motifs is 1. The van der Waals surface area contributed by atoms with E-state index in [2.05, 4.69) is 50.5 Å². The van der Waals surface area contributed by atoms with Gasteiger partial charge in [-0.1, -0.05) is 60.7 Å². The zero-order valence-electron chi connectivity index (χ0n) is 28.0. The summed E-state index contributed by atoms with van der Waals surface area (Å²) in [7, 11) is 1.24. The summed E-state index contributed by atoms with van der Waals surface area (Å²) in [5.41, 5.74) is 3.82. The van der Waals surface area contributed by atoms with Crippen molar-refractivity contribution in [3.05, 3.63) is 103 Å². The minimum atomic E-state index is -1.23. The first-order valence-electron chi connectivity index (χ1n) is 16.9. The number of benzene rings is 2. The van der Waals surface area contributed by atoms with Gasteiger partial charge in [-0.3, -0.25) is 4.98 Å². The van der Waals surface area contributed by atoms with Crippen molar-refractivity contribution < 1.29 is 24.5 Å². The fourth-order valence-electron chi connectivity index (χ4n) is 6.90. The molecule has 1 aliphatic heterocycles. The molecule has 4 heterocycles. The van der Waals surface area contributed by atoms with Crippen LogP contribution in [0.2, 0.25) is 0 Å². The third-order valence-corrected chi connectivity index (χ3v) is 9.51. The summed E-state index contributed by atoms with van der Waals surface area (Å²) in [5, 5.41) is 34.0. The second kappa shape index (κ2) is 15.0. The number of ether oxygens (including phenoxy) is 1. The fraction of sp³-hybridized carbons (Fsp3) is 0.333. The maximum absolute atomic E-state index is 12.8. The average Bonchev–Trinajstić information content (AvgIpc) is 3.87. The SMILES string of the molecule is COC(=O)NC1C[C@@H](n2cnc3c(NCC(c4ccccc4)c4ccccc4)nc(N4CC[C@@H](NC(=O)Nc5cccnc5)C4)nc32)[C@H](O)[C@@H]1O. The maximum atomic E-state index is 12.8. The summed E-state index contributed by atoms with van der Waals surface area (Å²) >= 11 is 0. The van der Waals surface area contributed by atoms with Gasteiger partial charge in [0.15, 0.2) is 17.0 Å². The van der Waals surface area contributed by atoms with E-state index in [-0.39, 0.29) is 24.4 Å². The first-order chi connectivity index (χ1) is 24.9. The Morgan fingerprint density at radius 2 is 1.71 bits per heavy atom. The number of nitrogens with zero attached hydrogens (tertiary/aromatic N) is 6. The normalized spacial score (nSPS) is 21.5. The van der Waals surface area contributed by atoms with Gasteiger partial charge < -0.3 is 45.7 Å². The van der Waals surface area contributed by atoms with Gasteiger partial charge in [-0.2, -0.15) is 9.97 Å². The monoisotopic (exact) mass is 692 g/mol. The van der Waals surface area contributed by atoms with Crippen LogP contribution in [0.5, 0.6) is 0 Å². The van der Waals surface area contributed by atoms with E-state index in [9.17, 15) is 19.8 Å². The molecule has 1 unspecified atom stereocenters. The van der Waals surface area contributed by atoms with E-state index in [1.54, 1.807) is 35.4 Å². The fourth-order valence-corrected chi connectivity index (χ4v) is 6.90. The Bertz CT molecular complexity index is 1910. The van der Waals surface area contributed by atoms with Crippen LogP contribution < -0.4 is 26.2 Å². The molecule has 0 bridgehead atoms. The van der Waals surface area contributed by atoms with Crippen molar-refractivity contribution in [1.29, 1.82) is 0 Å². The minimum Gasteiger partial charge on any atom is -0.453 e. The Morgan fingerprint density at radius 1 is 0.961 bits per heavy atom. The predicted molar refractivity (Wildman–Crippen MR) is 191 cm³/mol. The Labute approximate surface area is 294 Å². The van der Waals surface area contributed by atoms with Gasteiger partial charge in [0.1, 0.15) is 12.2 Å². The lowest BCUT2D eigenvalue weighted by Crippen LogP contribution is -2.43. The van der Waals surface area contributed by atoms with E-state index in [0.29, 0.717) is 54.7 Å². The molecule has 2 aromatic carbocycles. The number of aromatic nitrogens is 5. The van der Waals surface area contributed by atoms with E-state index in [1.807, 2.05) is 41.3 Å². The van der Waals surface area contributed by atoms with Crippen LogP contribution in [0, 0.1) is 0 Å². The lowest BCUT2D eigenvalue weighted by Gasteiger charge is -2.22. The molecular weight excluding hydrogens is 652 g/mol. The second-order valence-electron chi connectivity index (χ2n) is 12.7. The minimum absolute atomic E-state index is 0.00130. The molecule has 5 atom stereocenters. The number of carbonyl (C=O) groups is 2. The average molecular weight is 693 g/mol. The van der Waals surface area contributed by atoms with Crippen LogP contribution in [0.4, 0.5) is 27.0 Å². The highest BCUT2D eigenvalue weighted by Crippen LogP contribution is 2.35. The molecule has 1 saturated carbocycles. The van der Waals surface area contributed by atoms with E-state index in [0.717, 1.165) is 11.1 Å². The van der Waals surface area contributed by atoms with Crippen LogP contribution in [0.25, 0.3) is 11.2 Å². The van der Waals surface area contributed by atoms with Crippen LogP contribution in [-0.4, -0.2) is 97.9 Å². The number of methoxy groups -OCH3 is 1. The molecule has 2 aliphatic rings. The summed E-state index contributed by atoms with van der Waals surface area (Å²) in [6.45, 7) is 1.55. The van der Waals surface area contributed by atoms with Gasteiger partial charge >= 0.3 is 12.1 Å². The highest BCUT2D eigenvalue weighted by atomic mass is 16.5. The molecule has 2 fully saturated rings. The number of anilines is 3. The lowest BCUT2D eigenvalue weighted by molar-refractivity contribution is 0.0142. The van der Waals surface area contributed by atoms with Crippen LogP contribution in [0.1, 0.15) is 35.9 Å².